The largest absolute Gasteiger partial charge is 0.478 e. The third-order valence-corrected chi connectivity index (χ3v) is 2.79. The molecule has 0 fully saturated rings. The van der Waals surface area contributed by atoms with Gasteiger partial charge < -0.3 is 5.11 Å². The molecule has 0 atom stereocenters. The van der Waals surface area contributed by atoms with Crippen molar-refractivity contribution in [3.63, 3.8) is 0 Å². The van der Waals surface area contributed by atoms with E-state index in [4.69, 9.17) is 0 Å². The molecule has 0 spiro atoms. The smallest absolute Gasteiger partial charge is 0.338 e. The predicted octanol–water partition coefficient (Wildman–Crippen LogP) is 2.12. The Kier molecular flexibility index (Phi) is 2.30. The second-order valence-corrected chi connectivity index (χ2v) is 3.83. The fraction of sp³-hybridized carbons (Fsp3) is 0. The van der Waals surface area contributed by atoms with Crippen molar-refractivity contribution in [1.82, 2.24) is 15.0 Å². The Morgan fingerprint density at radius 3 is 2.72 bits per heavy atom. The Bertz CT molecular complexity index is 720. The van der Waals surface area contributed by atoms with E-state index in [9.17, 15) is 9.90 Å². The van der Waals surface area contributed by atoms with Gasteiger partial charge in [0.2, 0.25) is 0 Å². The van der Waals surface area contributed by atoms with Gasteiger partial charge in [0, 0.05) is 0 Å². The summed E-state index contributed by atoms with van der Waals surface area (Å²) in [6, 6.07) is 11.0. The molecular formula is C13H9N3O2. The molecule has 5 heteroatoms. The van der Waals surface area contributed by atoms with Gasteiger partial charge in [-0.1, -0.05) is 35.5 Å². The molecule has 0 saturated carbocycles. The van der Waals surface area contributed by atoms with Crippen LogP contribution in [0.1, 0.15) is 10.4 Å². The van der Waals surface area contributed by atoms with Crippen LogP contribution < -0.4 is 0 Å². The molecule has 0 bridgehead atoms. The summed E-state index contributed by atoms with van der Waals surface area (Å²) in [5.74, 6) is -0.975. The maximum atomic E-state index is 11.5. The van der Waals surface area contributed by atoms with Crippen molar-refractivity contribution in [2.24, 2.45) is 0 Å². The summed E-state index contributed by atoms with van der Waals surface area (Å²) >= 11 is 0. The predicted molar refractivity (Wildman–Crippen MR) is 65.8 cm³/mol. The lowest BCUT2D eigenvalue weighted by atomic mass is 10.0. The van der Waals surface area contributed by atoms with Gasteiger partial charge >= 0.3 is 5.97 Å². The van der Waals surface area contributed by atoms with Gasteiger partial charge in [-0.05, 0) is 16.8 Å². The Hall–Kier alpha value is -2.69. The van der Waals surface area contributed by atoms with E-state index in [1.165, 1.54) is 10.9 Å². The van der Waals surface area contributed by atoms with Crippen LogP contribution in [0.2, 0.25) is 0 Å². The van der Waals surface area contributed by atoms with E-state index in [0.29, 0.717) is 11.1 Å². The first kappa shape index (κ1) is 10.5. The van der Waals surface area contributed by atoms with E-state index >= 15 is 0 Å². The van der Waals surface area contributed by atoms with E-state index in [1.807, 2.05) is 24.3 Å². The number of fused-ring (bicyclic) bond motifs is 1. The quantitative estimate of drug-likeness (QED) is 0.743. The Morgan fingerprint density at radius 1 is 1.17 bits per heavy atom. The van der Waals surface area contributed by atoms with Crippen LogP contribution in [-0.4, -0.2) is 26.1 Å². The van der Waals surface area contributed by atoms with Gasteiger partial charge in [-0.15, -0.1) is 5.10 Å². The molecular weight excluding hydrogens is 230 g/mol. The van der Waals surface area contributed by atoms with Crippen LogP contribution in [-0.2, 0) is 0 Å². The number of rotatable bonds is 2. The molecule has 1 aromatic heterocycles. The monoisotopic (exact) mass is 239 g/mol. The first-order chi connectivity index (χ1) is 8.77. The molecule has 1 N–H and O–H groups in total. The van der Waals surface area contributed by atoms with Crippen LogP contribution in [0.4, 0.5) is 0 Å². The van der Waals surface area contributed by atoms with Crippen molar-refractivity contribution in [3.05, 3.63) is 54.4 Å². The minimum absolute atomic E-state index is 0.235. The molecule has 0 saturated heterocycles. The minimum atomic E-state index is -0.975. The average Bonchev–Trinajstić information content (AvgIpc) is 2.90. The second kappa shape index (κ2) is 3.96. The fourth-order valence-corrected chi connectivity index (χ4v) is 2.01. The van der Waals surface area contributed by atoms with Crippen molar-refractivity contribution in [1.29, 1.82) is 0 Å². The zero-order chi connectivity index (χ0) is 12.5. The summed E-state index contributed by atoms with van der Waals surface area (Å²) in [6.07, 6.45) is 3.14. The van der Waals surface area contributed by atoms with Gasteiger partial charge in [-0.3, -0.25) is 0 Å². The average molecular weight is 239 g/mol. The highest BCUT2D eigenvalue weighted by molar-refractivity contribution is 6.06. The highest BCUT2D eigenvalue weighted by Gasteiger charge is 2.15. The number of benzene rings is 2. The lowest BCUT2D eigenvalue weighted by Gasteiger charge is -2.08. The number of carboxylic acid groups (broad SMARTS) is 1. The molecule has 3 aromatic rings. The topological polar surface area (TPSA) is 68.0 Å². The van der Waals surface area contributed by atoms with Crippen LogP contribution in [0.25, 0.3) is 16.5 Å². The zero-order valence-electron chi connectivity index (χ0n) is 9.32. The summed E-state index contributed by atoms with van der Waals surface area (Å²) in [5, 5.41) is 18.5. The maximum Gasteiger partial charge on any atom is 0.338 e. The number of carboxylic acids is 1. The summed E-state index contributed by atoms with van der Waals surface area (Å²) < 4.78 is 1.45. The minimum Gasteiger partial charge on any atom is -0.478 e. The lowest BCUT2D eigenvalue weighted by Crippen LogP contribution is -2.07. The van der Waals surface area contributed by atoms with Gasteiger partial charge in [0.15, 0.2) is 0 Å². The molecule has 2 aromatic carbocycles. The first-order valence-electron chi connectivity index (χ1n) is 5.39. The molecule has 1 heterocycles. The lowest BCUT2D eigenvalue weighted by molar-refractivity contribution is 0.0699. The number of hydrogen-bond acceptors (Lipinski definition) is 3. The number of aromatic nitrogens is 3. The number of nitrogens with zero attached hydrogens (tertiary/aromatic N) is 3. The maximum absolute atomic E-state index is 11.5. The molecule has 0 aliphatic rings. The molecule has 3 rings (SSSR count). The zero-order valence-corrected chi connectivity index (χ0v) is 9.32. The van der Waals surface area contributed by atoms with E-state index in [-0.39, 0.29) is 5.56 Å². The normalized spacial score (nSPS) is 10.7. The van der Waals surface area contributed by atoms with Crippen LogP contribution in [0, 0.1) is 0 Å². The SMILES string of the molecule is O=C(O)c1c(-n2ccnn2)ccc2ccccc12. The van der Waals surface area contributed by atoms with E-state index in [0.717, 1.165) is 5.39 Å². The van der Waals surface area contributed by atoms with Crippen molar-refractivity contribution < 1.29 is 9.90 Å². The number of hydrogen-bond donors (Lipinski definition) is 1. The highest BCUT2D eigenvalue weighted by atomic mass is 16.4. The van der Waals surface area contributed by atoms with Crippen LogP contribution in [0.3, 0.4) is 0 Å². The van der Waals surface area contributed by atoms with Crippen molar-refractivity contribution >= 4 is 16.7 Å². The Balaban J connectivity index is 2.39. The van der Waals surface area contributed by atoms with E-state index < -0.39 is 5.97 Å². The van der Waals surface area contributed by atoms with Crippen molar-refractivity contribution in [2.75, 3.05) is 0 Å². The second-order valence-electron chi connectivity index (χ2n) is 3.83. The summed E-state index contributed by atoms with van der Waals surface area (Å²) in [4.78, 5) is 11.5. The molecule has 0 amide bonds. The standard InChI is InChI=1S/C13H9N3O2/c17-13(18)12-10-4-2-1-3-9(10)5-6-11(12)16-8-7-14-15-16/h1-8H,(H,17,18). The van der Waals surface area contributed by atoms with Gasteiger partial charge in [-0.25, -0.2) is 9.48 Å². The number of aromatic carboxylic acids is 1. The number of carbonyl (C=O) groups is 1. The third kappa shape index (κ3) is 1.53. The van der Waals surface area contributed by atoms with Gasteiger partial charge in [-0.2, -0.15) is 0 Å². The van der Waals surface area contributed by atoms with Crippen molar-refractivity contribution in [3.8, 4) is 5.69 Å². The molecule has 88 valence electrons. The highest BCUT2D eigenvalue weighted by Crippen LogP contribution is 2.24. The fourth-order valence-electron chi connectivity index (χ4n) is 2.01. The molecule has 18 heavy (non-hydrogen) atoms. The van der Waals surface area contributed by atoms with E-state index in [2.05, 4.69) is 10.3 Å². The molecule has 0 aliphatic carbocycles. The van der Waals surface area contributed by atoms with Crippen LogP contribution in [0.5, 0.6) is 0 Å². The summed E-state index contributed by atoms with van der Waals surface area (Å²) in [6.45, 7) is 0. The van der Waals surface area contributed by atoms with Crippen molar-refractivity contribution in [2.45, 2.75) is 0 Å². The van der Waals surface area contributed by atoms with Gasteiger partial charge in [0.05, 0.1) is 23.6 Å². The molecule has 0 aliphatic heterocycles. The van der Waals surface area contributed by atoms with Gasteiger partial charge in [0.25, 0.3) is 0 Å². The third-order valence-electron chi connectivity index (χ3n) is 2.79. The first-order valence-corrected chi connectivity index (χ1v) is 5.39. The summed E-state index contributed by atoms with van der Waals surface area (Å²) in [5.41, 5.74) is 0.748. The molecule has 0 radical (unpaired) electrons. The molecule has 5 nitrogen and oxygen atoms in total. The van der Waals surface area contributed by atoms with Crippen LogP contribution in [0.15, 0.2) is 48.8 Å². The van der Waals surface area contributed by atoms with Gasteiger partial charge in [0.1, 0.15) is 0 Å². The Labute approximate surface area is 102 Å². The van der Waals surface area contributed by atoms with E-state index in [1.54, 1.807) is 18.3 Å². The van der Waals surface area contributed by atoms with Crippen LogP contribution >= 0.6 is 0 Å². The molecule has 0 unspecified atom stereocenters. The summed E-state index contributed by atoms with van der Waals surface area (Å²) in [7, 11) is 0. The Morgan fingerprint density at radius 2 is 2.00 bits per heavy atom.